The normalized spacial score (nSPS) is 23.7. The number of fused-ring (bicyclic) bond motifs is 1. The third-order valence-electron chi connectivity index (χ3n) is 3.60. The molecule has 2 rings (SSSR count). The van der Waals surface area contributed by atoms with Gasteiger partial charge in [0.2, 0.25) is 0 Å². The van der Waals surface area contributed by atoms with Crippen LogP contribution in [0.25, 0.3) is 0 Å². The third-order valence-corrected chi connectivity index (χ3v) is 4.10. The molecule has 0 saturated carbocycles. The van der Waals surface area contributed by atoms with Gasteiger partial charge in [0.15, 0.2) is 0 Å². The average Bonchev–Trinajstić information content (AvgIpc) is 2.50. The predicted molar refractivity (Wildman–Crippen MR) is 72.5 cm³/mol. The maximum atomic E-state index is 9.85. The second-order valence-corrected chi connectivity index (χ2v) is 5.70. The van der Waals surface area contributed by atoms with Gasteiger partial charge in [-0.1, -0.05) is 35.3 Å². The maximum absolute atomic E-state index is 9.85. The highest BCUT2D eigenvalue weighted by Gasteiger charge is 2.34. The van der Waals surface area contributed by atoms with Gasteiger partial charge >= 0.3 is 0 Å². The average molecular weight is 299 g/mol. The molecule has 0 aliphatic carbocycles. The molecule has 1 aliphatic heterocycles. The highest BCUT2D eigenvalue weighted by molar-refractivity contribution is 9.10. The van der Waals surface area contributed by atoms with Crippen LogP contribution in [0.3, 0.4) is 0 Å². The van der Waals surface area contributed by atoms with Gasteiger partial charge in [0.1, 0.15) is 5.75 Å². The van der Waals surface area contributed by atoms with E-state index in [0.29, 0.717) is 0 Å². The molecule has 0 radical (unpaired) electrons. The van der Waals surface area contributed by atoms with Crippen LogP contribution in [-0.4, -0.2) is 18.3 Å². The fourth-order valence-corrected chi connectivity index (χ4v) is 3.10. The molecule has 94 valence electrons. The molecule has 1 aliphatic rings. The SMILES string of the molecule is CCC[C@@]1(CO)CCCOc2cc(Br)ccc21. The Hall–Kier alpha value is -0.540. The second-order valence-electron chi connectivity index (χ2n) is 4.78. The number of hydrogen-bond donors (Lipinski definition) is 1. The van der Waals surface area contributed by atoms with E-state index in [1.165, 1.54) is 5.56 Å². The van der Waals surface area contributed by atoms with E-state index in [9.17, 15) is 5.11 Å². The molecule has 0 bridgehead atoms. The molecule has 3 heteroatoms. The molecule has 2 nitrogen and oxygen atoms in total. The quantitative estimate of drug-likeness (QED) is 0.923. The summed E-state index contributed by atoms with van der Waals surface area (Å²) in [6.07, 6.45) is 4.11. The highest BCUT2D eigenvalue weighted by Crippen LogP contribution is 2.42. The Bertz CT molecular complexity index is 392. The maximum Gasteiger partial charge on any atom is 0.124 e. The molecule has 0 amide bonds. The summed E-state index contributed by atoms with van der Waals surface area (Å²) >= 11 is 3.47. The van der Waals surface area contributed by atoms with E-state index < -0.39 is 0 Å². The van der Waals surface area contributed by atoms with Crippen molar-refractivity contribution in [3.05, 3.63) is 28.2 Å². The van der Waals surface area contributed by atoms with Gasteiger partial charge in [0.05, 0.1) is 13.2 Å². The van der Waals surface area contributed by atoms with Gasteiger partial charge in [-0.3, -0.25) is 0 Å². The molecule has 0 unspecified atom stereocenters. The first-order valence-corrected chi connectivity index (χ1v) is 7.05. The summed E-state index contributed by atoms with van der Waals surface area (Å²) in [4.78, 5) is 0. The Balaban J connectivity index is 2.48. The van der Waals surface area contributed by atoms with Crippen LogP contribution in [0.5, 0.6) is 5.75 Å². The van der Waals surface area contributed by atoms with Crippen molar-refractivity contribution in [2.45, 2.75) is 38.0 Å². The van der Waals surface area contributed by atoms with Crippen molar-refractivity contribution < 1.29 is 9.84 Å². The lowest BCUT2D eigenvalue weighted by molar-refractivity contribution is 0.172. The van der Waals surface area contributed by atoms with Crippen molar-refractivity contribution in [2.75, 3.05) is 13.2 Å². The van der Waals surface area contributed by atoms with Crippen molar-refractivity contribution >= 4 is 15.9 Å². The zero-order chi connectivity index (χ0) is 12.3. The Morgan fingerprint density at radius 3 is 3.00 bits per heavy atom. The Labute approximate surface area is 111 Å². The van der Waals surface area contributed by atoms with Gasteiger partial charge < -0.3 is 9.84 Å². The number of ether oxygens (including phenoxy) is 1. The number of hydrogen-bond acceptors (Lipinski definition) is 2. The third kappa shape index (κ3) is 2.50. The Morgan fingerprint density at radius 2 is 2.29 bits per heavy atom. The number of benzene rings is 1. The Kier molecular flexibility index (Phi) is 4.10. The molecule has 1 aromatic rings. The van der Waals surface area contributed by atoms with E-state index in [4.69, 9.17) is 4.74 Å². The van der Waals surface area contributed by atoms with Gasteiger partial charge in [-0.05, 0) is 31.4 Å². The lowest BCUT2D eigenvalue weighted by Crippen LogP contribution is -2.30. The fourth-order valence-electron chi connectivity index (χ4n) is 2.76. The minimum Gasteiger partial charge on any atom is -0.493 e. The smallest absolute Gasteiger partial charge is 0.124 e. The molecular formula is C14H19BrO2. The predicted octanol–water partition coefficient (Wildman–Crippen LogP) is 3.65. The lowest BCUT2D eigenvalue weighted by atomic mass is 9.74. The standard InChI is InChI=1S/C14H19BrO2/c1-2-6-14(10-16)7-3-8-17-13-9-11(15)4-5-12(13)14/h4-5,9,16H,2-3,6-8,10H2,1H3/t14-/m0/s1. The number of rotatable bonds is 3. The molecule has 0 spiro atoms. The summed E-state index contributed by atoms with van der Waals surface area (Å²) in [5.41, 5.74) is 1.06. The number of halogens is 1. The van der Waals surface area contributed by atoms with Crippen molar-refractivity contribution in [2.24, 2.45) is 0 Å². The summed E-state index contributed by atoms with van der Waals surface area (Å²) in [7, 11) is 0. The van der Waals surface area contributed by atoms with E-state index in [-0.39, 0.29) is 12.0 Å². The summed E-state index contributed by atoms with van der Waals surface area (Å²) < 4.78 is 6.82. The fraction of sp³-hybridized carbons (Fsp3) is 0.571. The van der Waals surface area contributed by atoms with Crippen molar-refractivity contribution in [1.29, 1.82) is 0 Å². The van der Waals surface area contributed by atoms with Gasteiger partial charge in [0, 0.05) is 15.5 Å². The molecule has 0 saturated heterocycles. The number of aliphatic hydroxyl groups is 1. The van der Waals surface area contributed by atoms with Crippen LogP contribution in [0.1, 0.15) is 38.2 Å². The molecule has 1 atom stereocenters. The van der Waals surface area contributed by atoms with E-state index >= 15 is 0 Å². The highest BCUT2D eigenvalue weighted by atomic mass is 79.9. The van der Waals surface area contributed by atoms with E-state index in [1.54, 1.807) is 0 Å². The van der Waals surface area contributed by atoms with Gasteiger partial charge in [0.25, 0.3) is 0 Å². The van der Waals surface area contributed by atoms with Gasteiger partial charge in [-0.15, -0.1) is 0 Å². The first-order chi connectivity index (χ1) is 8.22. The van der Waals surface area contributed by atoms with E-state index in [2.05, 4.69) is 28.9 Å². The molecule has 1 heterocycles. The summed E-state index contributed by atoms with van der Waals surface area (Å²) in [5.74, 6) is 0.930. The summed E-state index contributed by atoms with van der Waals surface area (Å²) in [5, 5.41) is 9.85. The minimum atomic E-state index is -0.110. The van der Waals surface area contributed by atoms with E-state index in [1.807, 2.05) is 12.1 Å². The van der Waals surface area contributed by atoms with Crippen LogP contribution in [0.15, 0.2) is 22.7 Å². The largest absolute Gasteiger partial charge is 0.493 e. The van der Waals surface area contributed by atoms with Gasteiger partial charge in [-0.25, -0.2) is 0 Å². The molecular weight excluding hydrogens is 280 g/mol. The van der Waals surface area contributed by atoms with Crippen LogP contribution in [0, 0.1) is 0 Å². The zero-order valence-electron chi connectivity index (χ0n) is 10.2. The summed E-state index contributed by atoms with van der Waals surface area (Å²) in [6.45, 7) is 3.12. The van der Waals surface area contributed by atoms with Crippen LogP contribution in [-0.2, 0) is 5.41 Å². The van der Waals surface area contributed by atoms with Gasteiger partial charge in [-0.2, -0.15) is 0 Å². The molecule has 1 N–H and O–H groups in total. The molecule has 0 fully saturated rings. The minimum absolute atomic E-state index is 0.110. The monoisotopic (exact) mass is 298 g/mol. The lowest BCUT2D eigenvalue weighted by Gasteiger charge is -2.31. The second kappa shape index (κ2) is 5.40. The van der Waals surface area contributed by atoms with Crippen molar-refractivity contribution in [1.82, 2.24) is 0 Å². The molecule has 17 heavy (non-hydrogen) atoms. The van der Waals surface area contributed by atoms with Crippen LogP contribution < -0.4 is 4.74 Å². The van der Waals surface area contributed by atoms with Crippen LogP contribution in [0.2, 0.25) is 0 Å². The van der Waals surface area contributed by atoms with Crippen LogP contribution >= 0.6 is 15.9 Å². The first-order valence-electron chi connectivity index (χ1n) is 6.25. The molecule has 1 aromatic carbocycles. The van der Waals surface area contributed by atoms with Crippen LogP contribution in [0.4, 0.5) is 0 Å². The molecule has 0 aromatic heterocycles. The van der Waals surface area contributed by atoms with Crippen molar-refractivity contribution in [3.8, 4) is 5.75 Å². The topological polar surface area (TPSA) is 29.5 Å². The van der Waals surface area contributed by atoms with Crippen molar-refractivity contribution in [3.63, 3.8) is 0 Å². The Morgan fingerprint density at radius 1 is 1.47 bits per heavy atom. The zero-order valence-corrected chi connectivity index (χ0v) is 11.8. The van der Waals surface area contributed by atoms with E-state index in [0.717, 1.165) is 42.5 Å². The number of aliphatic hydroxyl groups excluding tert-OH is 1. The summed E-state index contributed by atoms with van der Waals surface area (Å²) in [6, 6.07) is 6.14. The first kappa shape index (κ1) is 12.9.